The van der Waals surface area contributed by atoms with E-state index in [9.17, 15) is 19.3 Å². The highest BCUT2D eigenvalue weighted by Crippen LogP contribution is 2.35. The van der Waals surface area contributed by atoms with Crippen molar-refractivity contribution in [1.29, 1.82) is 0 Å². The number of benzene rings is 3. The zero-order valence-electron chi connectivity index (χ0n) is 15.0. The molecule has 0 bridgehead atoms. The molecule has 4 rings (SSSR count). The molecule has 0 atom stereocenters. The number of nitro groups is 1. The molecule has 1 heterocycles. The zero-order chi connectivity index (χ0) is 20.4. The number of nitro benzene ring substituents is 1. The first-order valence-corrected chi connectivity index (χ1v) is 8.69. The van der Waals surface area contributed by atoms with Crippen molar-refractivity contribution in [1.82, 2.24) is 0 Å². The van der Waals surface area contributed by atoms with Crippen LogP contribution in [0.4, 0.5) is 10.1 Å². The van der Waals surface area contributed by atoms with Crippen LogP contribution < -0.4 is 9.47 Å². The molecule has 0 aliphatic carbocycles. The second-order valence-corrected chi connectivity index (χ2v) is 6.36. The molecular formula is C22H14FNO5. The first-order chi connectivity index (χ1) is 14.0. The van der Waals surface area contributed by atoms with Crippen LogP contribution in [0.1, 0.15) is 21.5 Å². The molecule has 0 N–H and O–H groups in total. The monoisotopic (exact) mass is 391 g/mol. The molecule has 144 valence electrons. The van der Waals surface area contributed by atoms with Crippen LogP contribution in [0.15, 0.2) is 72.5 Å². The van der Waals surface area contributed by atoms with Gasteiger partial charge in [-0.3, -0.25) is 14.9 Å². The topological polar surface area (TPSA) is 78.7 Å². The van der Waals surface area contributed by atoms with Crippen molar-refractivity contribution in [2.75, 3.05) is 0 Å². The highest BCUT2D eigenvalue weighted by Gasteiger charge is 2.27. The normalized spacial score (nSPS) is 13.8. The summed E-state index contributed by atoms with van der Waals surface area (Å²) in [4.78, 5) is 22.7. The fraction of sp³-hybridized carbons (Fsp3) is 0.0455. The van der Waals surface area contributed by atoms with Crippen molar-refractivity contribution < 1.29 is 23.6 Å². The third-order valence-electron chi connectivity index (χ3n) is 4.34. The van der Waals surface area contributed by atoms with E-state index >= 15 is 0 Å². The Balaban J connectivity index is 1.48. The van der Waals surface area contributed by atoms with Crippen LogP contribution >= 0.6 is 0 Å². The summed E-state index contributed by atoms with van der Waals surface area (Å²) >= 11 is 0. The van der Waals surface area contributed by atoms with Crippen LogP contribution in [-0.2, 0) is 6.61 Å². The standard InChI is InChI=1S/C22H14FNO5/c23-16-3-1-2-15(10-16)11-21-22(25)19-9-8-18(12-20(19)29-21)28-13-14-4-6-17(7-5-14)24(26)27/h1-12H,13H2. The number of ether oxygens (including phenoxy) is 2. The maximum Gasteiger partial charge on any atom is 0.269 e. The van der Waals surface area contributed by atoms with Gasteiger partial charge in [-0.05, 0) is 53.6 Å². The number of Topliss-reactive ketones (excluding diaryl/α,β-unsaturated/α-hetero) is 1. The van der Waals surface area contributed by atoms with Crippen LogP contribution in [0, 0.1) is 15.9 Å². The second-order valence-electron chi connectivity index (χ2n) is 6.36. The Morgan fingerprint density at radius 2 is 1.86 bits per heavy atom. The molecule has 0 fully saturated rings. The number of hydrogen-bond acceptors (Lipinski definition) is 5. The van der Waals surface area contributed by atoms with E-state index in [1.165, 1.54) is 30.3 Å². The average Bonchev–Trinajstić information content (AvgIpc) is 3.01. The van der Waals surface area contributed by atoms with E-state index in [1.54, 1.807) is 42.5 Å². The van der Waals surface area contributed by atoms with E-state index in [2.05, 4.69) is 0 Å². The van der Waals surface area contributed by atoms with E-state index in [0.29, 0.717) is 22.6 Å². The third kappa shape index (κ3) is 3.98. The highest BCUT2D eigenvalue weighted by molar-refractivity contribution is 6.14. The molecule has 0 unspecified atom stereocenters. The Labute approximate surface area is 165 Å². The molecule has 6 nitrogen and oxygen atoms in total. The Kier molecular flexibility index (Phi) is 4.78. The van der Waals surface area contributed by atoms with Crippen LogP contribution in [-0.4, -0.2) is 10.7 Å². The molecule has 7 heteroatoms. The van der Waals surface area contributed by atoms with Gasteiger partial charge in [0.2, 0.25) is 5.78 Å². The lowest BCUT2D eigenvalue weighted by Gasteiger charge is -2.07. The Bertz CT molecular complexity index is 1140. The summed E-state index contributed by atoms with van der Waals surface area (Å²) in [6, 6.07) is 16.8. The molecule has 3 aromatic rings. The van der Waals surface area contributed by atoms with E-state index in [1.807, 2.05) is 0 Å². The Morgan fingerprint density at radius 3 is 2.59 bits per heavy atom. The van der Waals surface area contributed by atoms with Gasteiger partial charge in [-0.1, -0.05) is 12.1 Å². The summed E-state index contributed by atoms with van der Waals surface area (Å²) in [5.41, 5.74) is 1.70. The number of carbonyl (C=O) groups is 1. The number of carbonyl (C=O) groups excluding carboxylic acids is 1. The van der Waals surface area contributed by atoms with Gasteiger partial charge < -0.3 is 9.47 Å². The lowest BCUT2D eigenvalue weighted by Crippen LogP contribution is -1.98. The van der Waals surface area contributed by atoms with Crippen LogP contribution in [0.5, 0.6) is 11.5 Å². The van der Waals surface area contributed by atoms with Crippen molar-refractivity contribution in [2.24, 2.45) is 0 Å². The predicted molar refractivity (Wildman–Crippen MR) is 103 cm³/mol. The molecule has 1 aliphatic rings. The number of non-ortho nitro benzene ring substituents is 1. The smallest absolute Gasteiger partial charge is 0.269 e. The van der Waals surface area contributed by atoms with Gasteiger partial charge in [0.25, 0.3) is 5.69 Å². The minimum Gasteiger partial charge on any atom is -0.489 e. The van der Waals surface area contributed by atoms with Crippen molar-refractivity contribution in [3.05, 3.63) is 105 Å². The fourth-order valence-electron chi connectivity index (χ4n) is 2.89. The number of nitrogens with zero attached hydrogens (tertiary/aromatic N) is 1. The molecule has 0 saturated carbocycles. The van der Waals surface area contributed by atoms with E-state index in [4.69, 9.17) is 9.47 Å². The largest absolute Gasteiger partial charge is 0.489 e. The average molecular weight is 391 g/mol. The SMILES string of the molecule is O=C1C(=Cc2cccc(F)c2)Oc2cc(OCc3ccc([N+](=O)[O-])cc3)ccc21. The van der Waals surface area contributed by atoms with Gasteiger partial charge in [0.1, 0.15) is 23.9 Å². The Hall–Kier alpha value is -4.00. The predicted octanol–water partition coefficient (Wildman–Crippen LogP) is 4.93. The number of hydrogen-bond donors (Lipinski definition) is 0. The quantitative estimate of drug-likeness (QED) is 0.350. The fourth-order valence-corrected chi connectivity index (χ4v) is 2.89. The van der Waals surface area contributed by atoms with Gasteiger partial charge in [-0.15, -0.1) is 0 Å². The van der Waals surface area contributed by atoms with Gasteiger partial charge in [-0.2, -0.15) is 0 Å². The summed E-state index contributed by atoms with van der Waals surface area (Å²) in [5, 5.41) is 10.7. The zero-order valence-corrected chi connectivity index (χ0v) is 15.0. The summed E-state index contributed by atoms with van der Waals surface area (Å²) in [5.74, 6) is 0.273. The Morgan fingerprint density at radius 1 is 1.07 bits per heavy atom. The molecule has 0 radical (unpaired) electrons. The lowest BCUT2D eigenvalue weighted by atomic mass is 10.1. The maximum atomic E-state index is 13.3. The second kappa shape index (κ2) is 7.55. The van der Waals surface area contributed by atoms with Crippen LogP contribution in [0.3, 0.4) is 0 Å². The van der Waals surface area contributed by atoms with Crippen LogP contribution in [0.2, 0.25) is 0 Å². The molecule has 1 aliphatic heterocycles. The third-order valence-corrected chi connectivity index (χ3v) is 4.34. The van der Waals surface area contributed by atoms with Crippen molar-refractivity contribution in [3.8, 4) is 11.5 Å². The first-order valence-electron chi connectivity index (χ1n) is 8.69. The van der Waals surface area contributed by atoms with E-state index in [0.717, 1.165) is 5.56 Å². The minimum absolute atomic E-state index is 0.0100. The van der Waals surface area contributed by atoms with Crippen molar-refractivity contribution in [2.45, 2.75) is 6.61 Å². The number of allylic oxidation sites excluding steroid dienone is 1. The molecule has 0 amide bonds. The van der Waals surface area contributed by atoms with E-state index < -0.39 is 10.7 Å². The van der Waals surface area contributed by atoms with E-state index in [-0.39, 0.29) is 23.8 Å². The first kappa shape index (κ1) is 18.4. The number of rotatable bonds is 5. The molecule has 0 spiro atoms. The van der Waals surface area contributed by atoms with Gasteiger partial charge in [0.15, 0.2) is 5.76 Å². The molecule has 0 aromatic heterocycles. The number of fused-ring (bicyclic) bond motifs is 1. The minimum atomic E-state index is -0.464. The highest BCUT2D eigenvalue weighted by atomic mass is 19.1. The van der Waals surface area contributed by atoms with Gasteiger partial charge >= 0.3 is 0 Å². The number of ketones is 1. The van der Waals surface area contributed by atoms with Gasteiger partial charge in [0.05, 0.1) is 10.5 Å². The number of halogens is 1. The summed E-state index contributed by atoms with van der Waals surface area (Å²) in [7, 11) is 0. The maximum absolute atomic E-state index is 13.3. The van der Waals surface area contributed by atoms with Gasteiger partial charge in [0, 0.05) is 18.2 Å². The summed E-state index contributed by atoms with van der Waals surface area (Å²) in [6.07, 6.45) is 1.49. The molecule has 3 aromatic carbocycles. The summed E-state index contributed by atoms with van der Waals surface area (Å²) < 4.78 is 24.7. The molecule has 29 heavy (non-hydrogen) atoms. The van der Waals surface area contributed by atoms with Gasteiger partial charge in [-0.25, -0.2) is 4.39 Å². The summed E-state index contributed by atoms with van der Waals surface area (Å²) in [6.45, 7) is 0.205. The van der Waals surface area contributed by atoms with Crippen LogP contribution in [0.25, 0.3) is 6.08 Å². The lowest BCUT2D eigenvalue weighted by molar-refractivity contribution is -0.384. The molecule has 0 saturated heterocycles. The van der Waals surface area contributed by atoms with Crippen molar-refractivity contribution in [3.63, 3.8) is 0 Å². The van der Waals surface area contributed by atoms with Crippen molar-refractivity contribution >= 4 is 17.5 Å². The molecular weight excluding hydrogens is 377 g/mol.